The van der Waals surface area contributed by atoms with Gasteiger partial charge in [-0.2, -0.15) is 26.3 Å². The topological polar surface area (TPSA) is 74.2 Å². The summed E-state index contributed by atoms with van der Waals surface area (Å²) in [7, 11) is 1.44. The van der Waals surface area contributed by atoms with Crippen LogP contribution in [0.5, 0.6) is 23.0 Å². The molecule has 2 aromatic rings. The van der Waals surface area contributed by atoms with Gasteiger partial charge in [0.15, 0.2) is 0 Å². The van der Waals surface area contributed by atoms with E-state index in [1.54, 1.807) is 19.9 Å². The second kappa shape index (κ2) is 10.9. The second-order valence-electron chi connectivity index (χ2n) is 8.34. The summed E-state index contributed by atoms with van der Waals surface area (Å²) in [5, 5.41) is 9.28. The summed E-state index contributed by atoms with van der Waals surface area (Å²) in [6.07, 6.45) is -10.0. The first-order valence-electron chi connectivity index (χ1n) is 11.2. The van der Waals surface area contributed by atoms with E-state index in [1.165, 1.54) is 38.3 Å². The predicted octanol–water partition coefficient (Wildman–Crippen LogP) is 6.31. The number of hydrogen-bond donors (Lipinski definition) is 1. The predicted molar refractivity (Wildman–Crippen MR) is 125 cm³/mol. The highest BCUT2D eigenvalue weighted by Crippen LogP contribution is 2.41. The largest absolute Gasteiger partial charge is 0.508 e. The number of methoxy groups -OCH3 is 1. The van der Waals surface area contributed by atoms with Crippen molar-refractivity contribution in [2.75, 3.05) is 13.7 Å². The number of halogens is 6. The number of carbonyl (C=O) groups is 1. The number of phenolic OH excluding ortho intramolecular Hbond substituents is 1. The van der Waals surface area contributed by atoms with Crippen molar-refractivity contribution in [2.24, 2.45) is 0 Å². The van der Waals surface area contributed by atoms with Crippen LogP contribution >= 0.6 is 0 Å². The van der Waals surface area contributed by atoms with E-state index in [0.29, 0.717) is 28.0 Å². The molecule has 0 amide bonds. The highest BCUT2D eigenvalue weighted by atomic mass is 19.4. The summed E-state index contributed by atoms with van der Waals surface area (Å²) >= 11 is 0. The molecule has 0 aromatic heterocycles. The summed E-state index contributed by atoms with van der Waals surface area (Å²) in [5.74, 6) is -0.325. The van der Waals surface area contributed by atoms with Crippen molar-refractivity contribution in [3.8, 4) is 23.0 Å². The lowest BCUT2D eigenvalue weighted by Gasteiger charge is -2.29. The number of alkyl halides is 6. The highest BCUT2D eigenvalue weighted by Gasteiger charge is 2.49. The van der Waals surface area contributed by atoms with Crippen molar-refractivity contribution in [1.29, 1.82) is 0 Å². The third-order valence-corrected chi connectivity index (χ3v) is 5.46. The SMILES string of the molecule is CCOC(=O)C1=Cc2cc(OC)cc(C)c2OC1C(F)(F)F.Cc1cc(O)cc2c1OC(C(F)(F)F)C=C2. The minimum atomic E-state index is -4.72. The fraction of sp³-hybridized carbons (Fsp3) is 0.346. The van der Waals surface area contributed by atoms with Gasteiger partial charge in [-0.25, -0.2) is 4.79 Å². The van der Waals surface area contributed by atoms with E-state index in [-0.39, 0.29) is 23.9 Å². The van der Waals surface area contributed by atoms with Crippen molar-refractivity contribution in [3.05, 3.63) is 58.2 Å². The first-order chi connectivity index (χ1) is 17.6. The molecule has 6 nitrogen and oxygen atoms in total. The minimum Gasteiger partial charge on any atom is -0.508 e. The van der Waals surface area contributed by atoms with Gasteiger partial charge in [0.2, 0.25) is 12.2 Å². The number of hydrogen-bond acceptors (Lipinski definition) is 6. The number of benzene rings is 2. The molecule has 0 spiro atoms. The Kier molecular flexibility index (Phi) is 8.23. The van der Waals surface area contributed by atoms with Crippen LogP contribution in [0.3, 0.4) is 0 Å². The van der Waals surface area contributed by atoms with Gasteiger partial charge < -0.3 is 24.1 Å². The molecular weight excluding hydrogens is 522 g/mol. The van der Waals surface area contributed by atoms with Gasteiger partial charge in [0.05, 0.1) is 19.3 Å². The number of aryl methyl sites for hydroxylation is 2. The van der Waals surface area contributed by atoms with Gasteiger partial charge in [0, 0.05) is 11.1 Å². The molecule has 0 radical (unpaired) electrons. The lowest BCUT2D eigenvalue weighted by Crippen LogP contribution is -2.41. The fourth-order valence-electron chi connectivity index (χ4n) is 3.80. The Balaban J connectivity index is 0.000000221. The molecule has 0 bridgehead atoms. The van der Waals surface area contributed by atoms with E-state index >= 15 is 0 Å². The Labute approximate surface area is 214 Å². The smallest absolute Gasteiger partial charge is 0.430 e. The Bertz CT molecular complexity index is 1260. The number of carbonyl (C=O) groups excluding carboxylic acids is 1. The molecule has 2 atom stereocenters. The van der Waals surface area contributed by atoms with Crippen LogP contribution in [0.15, 0.2) is 35.9 Å². The zero-order valence-corrected chi connectivity index (χ0v) is 20.7. The van der Waals surface area contributed by atoms with Crippen LogP contribution in [-0.4, -0.2) is 49.4 Å². The molecule has 0 saturated carbocycles. The number of esters is 1. The van der Waals surface area contributed by atoms with Crippen LogP contribution in [-0.2, 0) is 9.53 Å². The van der Waals surface area contributed by atoms with Gasteiger partial charge in [-0.15, -0.1) is 0 Å². The number of aromatic hydroxyl groups is 1. The Hall–Kier alpha value is -3.83. The average molecular weight is 546 g/mol. The number of phenols is 1. The molecule has 0 fully saturated rings. The molecular formula is C26H24F6O6. The summed E-state index contributed by atoms with van der Waals surface area (Å²) in [6.45, 7) is 4.69. The van der Waals surface area contributed by atoms with Crippen molar-refractivity contribution >= 4 is 18.1 Å². The molecule has 1 N–H and O–H groups in total. The molecule has 2 aliphatic heterocycles. The Morgan fingerprint density at radius 1 is 0.947 bits per heavy atom. The van der Waals surface area contributed by atoms with E-state index in [9.17, 15) is 36.2 Å². The standard InChI is InChI=1S/C15H15F3O4.C11H9F3O2/c1-4-21-14(19)11-7-9-6-10(20-3)5-8(2)12(9)22-13(11)15(16,17)18;1-6-4-8(15)5-7-2-3-9(11(12,13)14)16-10(6)7/h5-7,13H,4H2,1-3H3;2-5,9,15H,1H3. The molecule has 0 aliphatic carbocycles. The van der Waals surface area contributed by atoms with Crippen molar-refractivity contribution < 1.29 is 55.2 Å². The normalized spacial score (nSPS) is 18.0. The zero-order chi connectivity index (χ0) is 28.4. The van der Waals surface area contributed by atoms with Gasteiger partial charge in [-0.1, -0.05) is 6.08 Å². The van der Waals surface area contributed by atoms with Gasteiger partial charge in [0.25, 0.3) is 0 Å². The van der Waals surface area contributed by atoms with Crippen molar-refractivity contribution in [3.63, 3.8) is 0 Å². The van der Waals surface area contributed by atoms with Crippen LogP contribution in [0.2, 0.25) is 0 Å². The van der Waals surface area contributed by atoms with Gasteiger partial charge in [0.1, 0.15) is 23.0 Å². The quantitative estimate of drug-likeness (QED) is 0.359. The summed E-state index contributed by atoms with van der Waals surface area (Å²) in [6, 6.07) is 5.81. The van der Waals surface area contributed by atoms with E-state index in [0.717, 1.165) is 12.2 Å². The maximum Gasteiger partial charge on any atom is 0.430 e. The third kappa shape index (κ3) is 6.35. The number of rotatable bonds is 3. The number of fused-ring (bicyclic) bond motifs is 2. The molecule has 0 saturated heterocycles. The highest BCUT2D eigenvalue weighted by molar-refractivity contribution is 5.96. The molecule has 38 heavy (non-hydrogen) atoms. The summed E-state index contributed by atoms with van der Waals surface area (Å²) < 4.78 is 96.4. The molecule has 4 rings (SSSR count). The van der Waals surface area contributed by atoms with Crippen LogP contribution < -0.4 is 14.2 Å². The van der Waals surface area contributed by atoms with Crippen molar-refractivity contribution in [2.45, 2.75) is 45.3 Å². The first kappa shape index (κ1) is 28.7. The van der Waals surface area contributed by atoms with E-state index in [2.05, 4.69) is 0 Å². The molecule has 2 aliphatic rings. The Morgan fingerprint density at radius 2 is 1.58 bits per heavy atom. The maximum absolute atomic E-state index is 13.2. The zero-order valence-electron chi connectivity index (χ0n) is 20.7. The maximum atomic E-state index is 13.2. The third-order valence-electron chi connectivity index (χ3n) is 5.46. The molecule has 206 valence electrons. The molecule has 12 heteroatoms. The number of ether oxygens (including phenoxy) is 4. The van der Waals surface area contributed by atoms with Crippen LogP contribution in [0, 0.1) is 13.8 Å². The summed E-state index contributed by atoms with van der Waals surface area (Å²) in [5.41, 5.74) is 1.20. The van der Waals surface area contributed by atoms with E-state index in [4.69, 9.17) is 18.9 Å². The van der Waals surface area contributed by atoms with E-state index in [1.807, 2.05) is 0 Å². The van der Waals surface area contributed by atoms with Crippen LogP contribution in [0.1, 0.15) is 29.2 Å². The van der Waals surface area contributed by atoms with Gasteiger partial charge >= 0.3 is 18.3 Å². The van der Waals surface area contributed by atoms with Crippen LogP contribution in [0.4, 0.5) is 26.3 Å². The van der Waals surface area contributed by atoms with Crippen LogP contribution in [0.25, 0.3) is 12.2 Å². The molecule has 2 heterocycles. The molecule has 2 aromatic carbocycles. The van der Waals surface area contributed by atoms with Gasteiger partial charge in [-0.05, 0) is 68.3 Å². The Morgan fingerprint density at radius 3 is 2.16 bits per heavy atom. The van der Waals surface area contributed by atoms with Gasteiger partial charge in [-0.3, -0.25) is 0 Å². The monoisotopic (exact) mass is 546 g/mol. The second-order valence-corrected chi connectivity index (χ2v) is 8.34. The fourth-order valence-corrected chi connectivity index (χ4v) is 3.80. The average Bonchev–Trinajstić information content (AvgIpc) is 2.82. The minimum absolute atomic E-state index is 0.00922. The first-order valence-corrected chi connectivity index (χ1v) is 11.2. The lowest BCUT2D eigenvalue weighted by molar-refractivity contribution is -0.188. The molecule has 2 unspecified atom stereocenters. The summed E-state index contributed by atoms with van der Waals surface area (Å²) in [4.78, 5) is 11.8. The lowest BCUT2D eigenvalue weighted by atomic mass is 9.99. The van der Waals surface area contributed by atoms with E-state index < -0.39 is 36.1 Å². The van der Waals surface area contributed by atoms with Crippen molar-refractivity contribution in [1.82, 2.24) is 0 Å².